The predicted molar refractivity (Wildman–Crippen MR) is 87.7 cm³/mol. The van der Waals surface area contributed by atoms with E-state index in [1.807, 2.05) is 56.3 Å². The molecule has 0 aromatic heterocycles. The Morgan fingerprint density at radius 3 is 2.43 bits per heavy atom. The van der Waals surface area contributed by atoms with Crippen molar-refractivity contribution in [2.45, 2.75) is 13.8 Å². The first-order valence-electron chi connectivity index (χ1n) is 6.97. The summed E-state index contributed by atoms with van der Waals surface area (Å²) in [6.45, 7) is 3.90. The summed E-state index contributed by atoms with van der Waals surface area (Å²) in [6.07, 6.45) is 0. The minimum absolute atomic E-state index is 0.0572. The standard InChI is InChI=1S/C19H17NO/c1-12-7-8-14-5-3-4-6-17(14)18(12)19(21)16-10-9-15(20)11-13(16)2/h3-11H,20H2,1-2H3. The van der Waals surface area contributed by atoms with Gasteiger partial charge in [0.2, 0.25) is 0 Å². The molecule has 21 heavy (non-hydrogen) atoms. The maximum Gasteiger partial charge on any atom is 0.194 e. The molecule has 0 atom stereocenters. The van der Waals surface area contributed by atoms with Crippen LogP contribution in [0.1, 0.15) is 27.0 Å². The molecule has 0 aliphatic heterocycles. The fraction of sp³-hybridized carbons (Fsp3) is 0.105. The summed E-state index contributed by atoms with van der Waals surface area (Å²) in [6, 6.07) is 17.5. The van der Waals surface area contributed by atoms with Crippen LogP contribution in [0.25, 0.3) is 10.8 Å². The summed E-state index contributed by atoms with van der Waals surface area (Å²) < 4.78 is 0. The van der Waals surface area contributed by atoms with Crippen LogP contribution >= 0.6 is 0 Å². The van der Waals surface area contributed by atoms with Crippen LogP contribution in [-0.4, -0.2) is 5.78 Å². The zero-order valence-corrected chi connectivity index (χ0v) is 12.2. The zero-order valence-electron chi connectivity index (χ0n) is 12.2. The number of carbonyl (C=O) groups is 1. The number of ketones is 1. The Morgan fingerprint density at radius 1 is 0.905 bits per heavy atom. The van der Waals surface area contributed by atoms with Gasteiger partial charge in [0, 0.05) is 16.8 Å². The van der Waals surface area contributed by atoms with Gasteiger partial charge < -0.3 is 5.73 Å². The number of hydrogen-bond acceptors (Lipinski definition) is 2. The van der Waals surface area contributed by atoms with Crippen molar-refractivity contribution in [1.29, 1.82) is 0 Å². The Balaban J connectivity index is 2.24. The summed E-state index contributed by atoms with van der Waals surface area (Å²) in [5, 5.41) is 2.08. The number of anilines is 1. The summed E-state index contributed by atoms with van der Waals surface area (Å²) >= 11 is 0. The molecular weight excluding hydrogens is 258 g/mol. The van der Waals surface area contributed by atoms with E-state index in [0.29, 0.717) is 11.3 Å². The van der Waals surface area contributed by atoms with Gasteiger partial charge in [-0.25, -0.2) is 0 Å². The van der Waals surface area contributed by atoms with E-state index in [0.717, 1.165) is 27.5 Å². The lowest BCUT2D eigenvalue weighted by atomic mass is 9.91. The van der Waals surface area contributed by atoms with E-state index >= 15 is 0 Å². The van der Waals surface area contributed by atoms with Crippen molar-refractivity contribution in [3.63, 3.8) is 0 Å². The fourth-order valence-electron chi connectivity index (χ4n) is 2.76. The quantitative estimate of drug-likeness (QED) is 0.560. The molecule has 3 rings (SSSR count). The highest BCUT2D eigenvalue weighted by Gasteiger charge is 2.16. The van der Waals surface area contributed by atoms with Crippen molar-refractivity contribution in [3.05, 3.63) is 76.9 Å². The lowest BCUT2D eigenvalue weighted by molar-refractivity contribution is 0.103. The number of hydrogen-bond donors (Lipinski definition) is 1. The first-order valence-corrected chi connectivity index (χ1v) is 6.97. The Bertz CT molecular complexity index is 849. The molecule has 0 saturated heterocycles. The molecule has 0 aliphatic rings. The van der Waals surface area contributed by atoms with Crippen molar-refractivity contribution in [2.24, 2.45) is 0 Å². The van der Waals surface area contributed by atoms with Crippen LogP contribution in [0, 0.1) is 13.8 Å². The molecule has 0 spiro atoms. The van der Waals surface area contributed by atoms with Gasteiger partial charge >= 0.3 is 0 Å². The van der Waals surface area contributed by atoms with E-state index in [9.17, 15) is 4.79 Å². The summed E-state index contributed by atoms with van der Waals surface area (Å²) in [5.74, 6) is 0.0572. The number of benzene rings is 3. The molecule has 0 unspecified atom stereocenters. The van der Waals surface area contributed by atoms with Crippen LogP contribution in [0.3, 0.4) is 0 Å². The van der Waals surface area contributed by atoms with Crippen LogP contribution in [0.4, 0.5) is 5.69 Å². The summed E-state index contributed by atoms with van der Waals surface area (Å²) in [4.78, 5) is 13.0. The van der Waals surface area contributed by atoms with E-state index in [-0.39, 0.29) is 5.78 Å². The largest absolute Gasteiger partial charge is 0.399 e. The van der Waals surface area contributed by atoms with E-state index < -0.39 is 0 Å². The Hall–Kier alpha value is -2.61. The highest BCUT2D eigenvalue weighted by molar-refractivity contribution is 6.18. The molecule has 0 aliphatic carbocycles. The van der Waals surface area contributed by atoms with Gasteiger partial charge in [0.05, 0.1) is 0 Å². The van der Waals surface area contributed by atoms with Crippen LogP contribution in [-0.2, 0) is 0 Å². The molecular formula is C19H17NO. The maximum absolute atomic E-state index is 13.0. The van der Waals surface area contributed by atoms with Crippen LogP contribution in [0.5, 0.6) is 0 Å². The number of nitrogen functional groups attached to an aromatic ring is 1. The third kappa shape index (κ3) is 2.29. The second-order valence-corrected chi connectivity index (χ2v) is 5.38. The number of fused-ring (bicyclic) bond motifs is 1. The topological polar surface area (TPSA) is 43.1 Å². The first kappa shape index (κ1) is 13.4. The molecule has 3 aromatic rings. The highest BCUT2D eigenvalue weighted by atomic mass is 16.1. The molecule has 104 valence electrons. The Kier molecular flexibility index (Phi) is 3.22. The molecule has 0 radical (unpaired) electrons. The van der Waals surface area contributed by atoms with Gasteiger partial charge in [-0.3, -0.25) is 4.79 Å². The average molecular weight is 275 g/mol. The maximum atomic E-state index is 13.0. The Labute approximate surface area is 124 Å². The second-order valence-electron chi connectivity index (χ2n) is 5.38. The van der Waals surface area contributed by atoms with Crippen LogP contribution in [0.2, 0.25) is 0 Å². The molecule has 0 fully saturated rings. The summed E-state index contributed by atoms with van der Waals surface area (Å²) in [5.41, 5.74) is 9.85. The monoisotopic (exact) mass is 275 g/mol. The lowest BCUT2D eigenvalue weighted by Crippen LogP contribution is -2.07. The normalized spacial score (nSPS) is 10.8. The molecule has 0 bridgehead atoms. The van der Waals surface area contributed by atoms with E-state index in [2.05, 4.69) is 6.07 Å². The van der Waals surface area contributed by atoms with Gasteiger partial charge in [0.25, 0.3) is 0 Å². The van der Waals surface area contributed by atoms with Gasteiger partial charge in [0.15, 0.2) is 5.78 Å². The smallest absolute Gasteiger partial charge is 0.194 e. The zero-order chi connectivity index (χ0) is 15.0. The van der Waals surface area contributed by atoms with Gasteiger partial charge in [-0.05, 0) is 53.9 Å². The van der Waals surface area contributed by atoms with Gasteiger partial charge in [0.1, 0.15) is 0 Å². The van der Waals surface area contributed by atoms with Crippen molar-refractivity contribution in [3.8, 4) is 0 Å². The first-order chi connectivity index (χ1) is 10.1. The molecule has 0 saturated carbocycles. The predicted octanol–water partition coefficient (Wildman–Crippen LogP) is 4.27. The van der Waals surface area contributed by atoms with E-state index in [1.54, 1.807) is 6.07 Å². The second kappa shape index (κ2) is 5.06. The fourth-order valence-corrected chi connectivity index (χ4v) is 2.76. The number of rotatable bonds is 2. The van der Waals surface area contributed by atoms with Crippen LogP contribution in [0.15, 0.2) is 54.6 Å². The third-order valence-electron chi connectivity index (χ3n) is 3.86. The molecule has 0 heterocycles. The third-order valence-corrected chi connectivity index (χ3v) is 3.86. The van der Waals surface area contributed by atoms with Crippen molar-refractivity contribution < 1.29 is 4.79 Å². The van der Waals surface area contributed by atoms with Crippen molar-refractivity contribution in [1.82, 2.24) is 0 Å². The molecule has 2 heteroatoms. The van der Waals surface area contributed by atoms with E-state index in [1.165, 1.54) is 0 Å². The van der Waals surface area contributed by atoms with Crippen LogP contribution < -0.4 is 5.73 Å². The molecule has 3 aromatic carbocycles. The minimum Gasteiger partial charge on any atom is -0.399 e. The molecule has 0 amide bonds. The SMILES string of the molecule is Cc1cc(N)ccc1C(=O)c1c(C)ccc2ccccc12. The summed E-state index contributed by atoms with van der Waals surface area (Å²) in [7, 11) is 0. The van der Waals surface area contributed by atoms with Crippen molar-refractivity contribution >= 4 is 22.2 Å². The van der Waals surface area contributed by atoms with Gasteiger partial charge in [-0.2, -0.15) is 0 Å². The highest BCUT2D eigenvalue weighted by Crippen LogP contribution is 2.26. The molecule has 2 nitrogen and oxygen atoms in total. The van der Waals surface area contributed by atoms with E-state index in [4.69, 9.17) is 5.73 Å². The van der Waals surface area contributed by atoms with Gasteiger partial charge in [-0.15, -0.1) is 0 Å². The Morgan fingerprint density at radius 2 is 1.67 bits per heavy atom. The number of nitrogens with two attached hydrogens (primary N) is 1. The average Bonchev–Trinajstić information content (AvgIpc) is 2.46. The number of aryl methyl sites for hydroxylation is 2. The molecule has 2 N–H and O–H groups in total. The number of carbonyl (C=O) groups excluding carboxylic acids is 1. The van der Waals surface area contributed by atoms with Crippen molar-refractivity contribution in [2.75, 3.05) is 5.73 Å². The lowest BCUT2D eigenvalue weighted by Gasteiger charge is -2.11. The minimum atomic E-state index is 0.0572. The van der Waals surface area contributed by atoms with Gasteiger partial charge in [-0.1, -0.05) is 36.4 Å².